The Morgan fingerprint density at radius 1 is 0.952 bits per heavy atom. The number of nitrogens with one attached hydrogen (secondary N) is 1. The lowest BCUT2D eigenvalue weighted by Gasteiger charge is -2.22. The van der Waals surface area contributed by atoms with Gasteiger partial charge in [0, 0.05) is 11.7 Å². The molecule has 0 amide bonds. The largest absolute Gasteiger partial charge is 0.378 e. The van der Waals surface area contributed by atoms with Crippen LogP contribution in [0.1, 0.15) is 57.4 Å². The summed E-state index contributed by atoms with van der Waals surface area (Å²) in [6, 6.07) is 17.9. The Balaban J connectivity index is 2.15. The summed E-state index contributed by atoms with van der Waals surface area (Å²) in [7, 11) is 0. The van der Waals surface area contributed by atoms with Gasteiger partial charge in [-0.1, -0.05) is 70.2 Å². The highest BCUT2D eigenvalue weighted by Crippen LogP contribution is 2.26. The van der Waals surface area contributed by atoms with E-state index in [1.165, 1.54) is 22.4 Å². The normalized spacial score (nSPS) is 13.0. The van der Waals surface area contributed by atoms with E-state index in [0.29, 0.717) is 6.04 Å². The van der Waals surface area contributed by atoms with Gasteiger partial charge in [0.2, 0.25) is 0 Å². The van der Waals surface area contributed by atoms with Gasteiger partial charge in [-0.15, -0.1) is 0 Å². The third-order valence-electron chi connectivity index (χ3n) is 4.05. The lowest BCUT2D eigenvalue weighted by molar-refractivity contribution is 0.589. The van der Waals surface area contributed by atoms with Gasteiger partial charge in [-0.3, -0.25) is 0 Å². The SMILES string of the molecule is CCc1ccccc1NC(C)c1ccc(C(C)(C)C)cc1. The van der Waals surface area contributed by atoms with E-state index in [2.05, 4.69) is 88.5 Å². The van der Waals surface area contributed by atoms with E-state index >= 15 is 0 Å². The maximum absolute atomic E-state index is 3.64. The Morgan fingerprint density at radius 3 is 2.14 bits per heavy atom. The first-order valence-electron chi connectivity index (χ1n) is 7.86. The predicted octanol–water partition coefficient (Wildman–Crippen LogP) is 5.72. The Labute approximate surface area is 129 Å². The molecule has 112 valence electrons. The molecular weight excluding hydrogens is 254 g/mol. The molecule has 2 aromatic rings. The molecule has 1 heteroatoms. The number of para-hydroxylation sites is 1. The van der Waals surface area contributed by atoms with Crippen molar-refractivity contribution >= 4 is 5.69 Å². The minimum absolute atomic E-state index is 0.212. The molecule has 0 saturated heterocycles. The molecule has 0 aliphatic carbocycles. The molecule has 0 aromatic heterocycles. The average Bonchev–Trinajstić information content (AvgIpc) is 2.47. The maximum atomic E-state index is 3.64. The van der Waals surface area contributed by atoms with Crippen molar-refractivity contribution in [2.24, 2.45) is 0 Å². The zero-order valence-electron chi connectivity index (χ0n) is 13.9. The molecule has 1 unspecified atom stereocenters. The van der Waals surface area contributed by atoms with Crippen molar-refractivity contribution in [1.82, 2.24) is 0 Å². The first-order valence-corrected chi connectivity index (χ1v) is 7.86. The topological polar surface area (TPSA) is 12.0 Å². The Hall–Kier alpha value is -1.76. The highest BCUT2D eigenvalue weighted by atomic mass is 14.9. The van der Waals surface area contributed by atoms with Crippen LogP contribution in [0.3, 0.4) is 0 Å². The third kappa shape index (κ3) is 3.87. The van der Waals surface area contributed by atoms with Crippen molar-refractivity contribution in [2.45, 2.75) is 52.5 Å². The van der Waals surface area contributed by atoms with Crippen LogP contribution < -0.4 is 5.32 Å². The number of aryl methyl sites for hydroxylation is 1. The van der Waals surface area contributed by atoms with Crippen LogP contribution in [-0.4, -0.2) is 0 Å². The Bertz CT molecular complexity index is 576. The number of hydrogen-bond donors (Lipinski definition) is 1. The summed E-state index contributed by atoms with van der Waals surface area (Å²) in [5.74, 6) is 0. The van der Waals surface area contributed by atoms with E-state index in [9.17, 15) is 0 Å². The van der Waals surface area contributed by atoms with Crippen LogP contribution >= 0.6 is 0 Å². The summed E-state index contributed by atoms with van der Waals surface area (Å²) in [4.78, 5) is 0. The molecule has 0 radical (unpaired) electrons. The van der Waals surface area contributed by atoms with E-state index in [1.807, 2.05) is 0 Å². The summed E-state index contributed by atoms with van der Waals surface area (Å²) < 4.78 is 0. The van der Waals surface area contributed by atoms with E-state index in [0.717, 1.165) is 6.42 Å². The number of rotatable bonds is 4. The molecule has 0 aliphatic rings. The quantitative estimate of drug-likeness (QED) is 0.755. The molecule has 0 spiro atoms. The van der Waals surface area contributed by atoms with Gasteiger partial charge in [-0.2, -0.15) is 0 Å². The second-order valence-electron chi connectivity index (χ2n) is 6.75. The van der Waals surface area contributed by atoms with Crippen LogP contribution in [0.5, 0.6) is 0 Å². The number of hydrogen-bond acceptors (Lipinski definition) is 1. The Kier molecular flexibility index (Phi) is 4.72. The van der Waals surface area contributed by atoms with Gasteiger partial charge in [0.25, 0.3) is 0 Å². The first-order chi connectivity index (χ1) is 9.91. The Morgan fingerprint density at radius 2 is 1.57 bits per heavy atom. The van der Waals surface area contributed by atoms with Gasteiger partial charge in [-0.25, -0.2) is 0 Å². The van der Waals surface area contributed by atoms with Gasteiger partial charge in [0.15, 0.2) is 0 Å². The van der Waals surface area contributed by atoms with Crippen LogP contribution in [-0.2, 0) is 11.8 Å². The number of anilines is 1. The second-order valence-corrected chi connectivity index (χ2v) is 6.75. The van der Waals surface area contributed by atoms with Gasteiger partial charge < -0.3 is 5.32 Å². The highest BCUT2D eigenvalue weighted by Gasteiger charge is 2.14. The van der Waals surface area contributed by atoms with E-state index in [4.69, 9.17) is 0 Å². The van der Waals surface area contributed by atoms with Gasteiger partial charge in [-0.05, 0) is 41.5 Å². The highest BCUT2D eigenvalue weighted by molar-refractivity contribution is 5.52. The molecule has 0 heterocycles. The summed E-state index contributed by atoms with van der Waals surface area (Å²) in [5, 5.41) is 3.64. The zero-order valence-corrected chi connectivity index (χ0v) is 13.9. The zero-order chi connectivity index (χ0) is 15.5. The van der Waals surface area contributed by atoms with E-state index < -0.39 is 0 Å². The van der Waals surface area contributed by atoms with Crippen molar-refractivity contribution in [1.29, 1.82) is 0 Å². The van der Waals surface area contributed by atoms with Crippen LogP contribution in [0.15, 0.2) is 48.5 Å². The molecule has 2 aromatic carbocycles. The van der Waals surface area contributed by atoms with Gasteiger partial charge in [0.05, 0.1) is 0 Å². The smallest absolute Gasteiger partial charge is 0.0485 e. The van der Waals surface area contributed by atoms with Crippen LogP contribution in [0.4, 0.5) is 5.69 Å². The molecule has 1 atom stereocenters. The summed E-state index contributed by atoms with van der Waals surface area (Å²) in [5.41, 5.74) is 5.54. The van der Waals surface area contributed by atoms with Crippen molar-refractivity contribution in [3.63, 3.8) is 0 Å². The van der Waals surface area contributed by atoms with E-state index in [1.54, 1.807) is 0 Å². The third-order valence-corrected chi connectivity index (χ3v) is 4.05. The molecule has 0 fully saturated rings. The van der Waals surface area contributed by atoms with Gasteiger partial charge >= 0.3 is 0 Å². The monoisotopic (exact) mass is 281 g/mol. The lowest BCUT2D eigenvalue weighted by Crippen LogP contribution is -2.12. The fourth-order valence-electron chi connectivity index (χ4n) is 2.56. The summed E-state index contributed by atoms with van der Waals surface area (Å²) in [6.07, 6.45) is 1.05. The fraction of sp³-hybridized carbons (Fsp3) is 0.400. The second kappa shape index (κ2) is 6.34. The van der Waals surface area contributed by atoms with Crippen molar-refractivity contribution in [3.8, 4) is 0 Å². The minimum Gasteiger partial charge on any atom is -0.378 e. The average molecular weight is 281 g/mol. The van der Waals surface area contributed by atoms with Crippen molar-refractivity contribution in [3.05, 3.63) is 65.2 Å². The maximum Gasteiger partial charge on any atom is 0.0485 e. The fourth-order valence-corrected chi connectivity index (χ4v) is 2.56. The van der Waals surface area contributed by atoms with E-state index in [-0.39, 0.29) is 5.41 Å². The molecule has 1 nitrogen and oxygen atoms in total. The predicted molar refractivity (Wildman–Crippen MR) is 93.0 cm³/mol. The van der Waals surface area contributed by atoms with Gasteiger partial charge in [0.1, 0.15) is 0 Å². The first kappa shape index (κ1) is 15.6. The molecule has 0 saturated carbocycles. The van der Waals surface area contributed by atoms with Crippen molar-refractivity contribution in [2.75, 3.05) is 5.32 Å². The number of benzene rings is 2. The van der Waals surface area contributed by atoms with Crippen LogP contribution in [0.2, 0.25) is 0 Å². The van der Waals surface area contributed by atoms with Crippen molar-refractivity contribution < 1.29 is 0 Å². The summed E-state index contributed by atoms with van der Waals surface area (Å²) in [6.45, 7) is 11.2. The van der Waals surface area contributed by atoms with Crippen LogP contribution in [0, 0.1) is 0 Å². The lowest BCUT2D eigenvalue weighted by atomic mass is 9.86. The molecule has 1 N–H and O–H groups in total. The molecule has 0 aliphatic heterocycles. The molecular formula is C20H27N. The standard InChI is InChI=1S/C20H27N/c1-6-16-9-7-8-10-19(16)21-15(2)17-11-13-18(14-12-17)20(3,4)5/h7-15,21H,6H2,1-5H3. The van der Waals surface area contributed by atoms with Crippen LogP contribution in [0.25, 0.3) is 0 Å². The molecule has 0 bridgehead atoms. The summed E-state index contributed by atoms with van der Waals surface area (Å²) >= 11 is 0. The molecule has 2 rings (SSSR count). The minimum atomic E-state index is 0.212. The molecule has 21 heavy (non-hydrogen) atoms.